The van der Waals surface area contributed by atoms with Gasteiger partial charge in [0.05, 0.1) is 0 Å². The van der Waals surface area contributed by atoms with Crippen molar-refractivity contribution in [1.82, 2.24) is 0 Å². The Hall–Kier alpha value is -2.49. The number of carbonyl (C=O) groups is 1. The van der Waals surface area contributed by atoms with E-state index < -0.39 is 12.0 Å². The van der Waals surface area contributed by atoms with Crippen molar-refractivity contribution in [3.05, 3.63) is 60.7 Å². The number of hydrogen-bond donors (Lipinski definition) is 3. The molecule has 2 rings (SSSR count). The Morgan fingerprint density at radius 3 is 2.05 bits per heavy atom. The van der Waals surface area contributed by atoms with E-state index in [1.54, 1.807) is 0 Å². The minimum absolute atomic E-state index is 0.499. The molecule has 104 valence electrons. The summed E-state index contributed by atoms with van der Waals surface area (Å²) in [6.45, 7) is 0.598. The predicted molar refractivity (Wildman–Crippen MR) is 81.0 cm³/mol. The van der Waals surface area contributed by atoms with E-state index >= 15 is 0 Å². The molecule has 0 aliphatic heterocycles. The first kappa shape index (κ1) is 13.9. The van der Waals surface area contributed by atoms with Gasteiger partial charge in [0.25, 0.3) is 0 Å². The first-order chi connectivity index (χ1) is 9.75. The molecule has 0 aliphatic rings. The summed E-state index contributed by atoms with van der Waals surface area (Å²) < 4.78 is 0. The second-order valence-corrected chi connectivity index (χ2v) is 4.48. The highest BCUT2D eigenvalue weighted by atomic mass is 16.4. The molecule has 4 nitrogen and oxygen atoms in total. The van der Waals surface area contributed by atoms with Crippen molar-refractivity contribution in [3.8, 4) is 0 Å². The van der Waals surface area contributed by atoms with Crippen molar-refractivity contribution >= 4 is 17.3 Å². The van der Waals surface area contributed by atoms with Gasteiger partial charge in [0.2, 0.25) is 0 Å². The molecule has 4 heteroatoms. The van der Waals surface area contributed by atoms with E-state index in [2.05, 4.69) is 10.6 Å². The summed E-state index contributed by atoms with van der Waals surface area (Å²) in [5.41, 5.74) is 1.82. The Morgan fingerprint density at radius 2 is 1.50 bits per heavy atom. The lowest BCUT2D eigenvalue weighted by Crippen LogP contribution is -2.31. The monoisotopic (exact) mass is 270 g/mol. The van der Waals surface area contributed by atoms with E-state index in [1.165, 1.54) is 0 Å². The summed E-state index contributed by atoms with van der Waals surface area (Å²) >= 11 is 0. The first-order valence-electron chi connectivity index (χ1n) is 6.59. The number of benzene rings is 2. The van der Waals surface area contributed by atoms with Gasteiger partial charge in [-0.2, -0.15) is 0 Å². The van der Waals surface area contributed by atoms with Crippen LogP contribution in [0.2, 0.25) is 0 Å². The molecule has 20 heavy (non-hydrogen) atoms. The number of para-hydroxylation sites is 2. The van der Waals surface area contributed by atoms with Crippen molar-refractivity contribution in [2.75, 3.05) is 17.2 Å². The lowest BCUT2D eigenvalue weighted by atomic mass is 10.2. The third-order valence-corrected chi connectivity index (χ3v) is 2.95. The second kappa shape index (κ2) is 7.19. The molecule has 1 unspecified atom stereocenters. The summed E-state index contributed by atoms with van der Waals surface area (Å²) in [6, 6.07) is 18.5. The molecule has 0 aliphatic carbocycles. The van der Waals surface area contributed by atoms with Crippen molar-refractivity contribution < 1.29 is 9.90 Å². The topological polar surface area (TPSA) is 61.4 Å². The number of rotatable bonds is 7. The largest absolute Gasteiger partial charge is 0.480 e. The van der Waals surface area contributed by atoms with Gasteiger partial charge in [-0.15, -0.1) is 0 Å². The number of carboxylic acid groups (broad SMARTS) is 1. The van der Waals surface area contributed by atoms with Gasteiger partial charge < -0.3 is 15.7 Å². The van der Waals surface area contributed by atoms with E-state index in [9.17, 15) is 9.90 Å². The van der Waals surface area contributed by atoms with Crippen molar-refractivity contribution in [1.29, 1.82) is 0 Å². The van der Waals surface area contributed by atoms with Crippen molar-refractivity contribution in [3.63, 3.8) is 0 Å². The summed E-state index contributed by atoms with van der Waals surface area (Å²) in [5, 5.41) is 15.5. The van der Waals surface area contributed by atoms with Gasteiger partial charge in [-0.3, -0.25) is 0 Å². The maximum absolute atomic E-state index is 11.3. The van der Waals surface area contributed by atoms with Gasteiger partial charge in [0, 0.05) is 17.9 Å². The van der Waals surface area contributed by atoms with Crippen LogP contribution >= 0.6 is 0 Å². The number of anilines is 2. The minimum atomic E-state index is -0.844. The number of hydrogen-bond acceptors (Lipinski definition) is 3. The van der Waals surface area contributed by atoms with Gasteiger partial charge in [-0.05, 0) is 30.7 Å². The van der Waals surface area contributed by atoms with Crippen LogP contribution in [0, 0.1) is 0 Å². The molecule has 0 heterocycles. The lowest BCUT2D eigenvalue weighted by molar-refractivity contribution is -0.138. The van der Waals surface area contributed by atoms with E-state index in [0.717, 1.165) is 11.4 Å². The quantitative estimate of drug-likeness (QED) is 0.723. The van der Waals surface area contributed by atoms with Crippen LogP contribution in [0.5, 0.6) is 0 Å². The standard InChI is InChI=1S/C16H18N2O2/c19-16(20)15(18-14-9-5-2-6-10-14)11-12-17-13-7-3-1-4-8-13/h1-10,15,17-18H,11-12H2,(H,19,20). The fourth-order valence-corrected chi connectivity index (χ4v) is 1.91. The lowest BCUT2D eigenvalue weighted by Gasteiger charge is -2.16. The second-order valence-electron chi connectivity index (χ2n) is 4.48. The zero-order valence-corrected chi connectivity index (χ0v) is 11.1. The molecule has 0 radical (unpaired) electrons. The van der Waals surface area contributed by atoms with Crippen molar-refractivity contribution in [2.45, 2.75) is 12.5 Å². The van der Waals surface area contributed by atoms with E-state index in [4.69, 9.17) is 0 Å². The highest BCUT2D eigenvalue weighted by Crippen LogP contribution is 2.10. The highest BCUT2D eigenvalue weighted by molar-refractivity contribution is 5.77. The smallest absolute Gasteiger partial charge is 0.326 e. The Labute approximate surface area is 118 Å². The minimum Gasteiger partial charge on any atom is -0.480 e. The van der Waals surface area contributed by atoms with E-state index in [-0.39, 0.29) is 0 Å². The van der Waals surface area contributed by atoms with Gasteiger partial charge in [-0.1, -0.05) is 36.4 Å². The Kier molecular flexibility index (Phi) is 5.00. The molecule has 0 spiro atoms. The van der Waals surface area contributed by atoms with E-state index in [1.807, 2.05) is 60.7 Å². The van der Waals surface area contributed by atoms with Gasteiger partial charge >= 0.3 is 5.97 Å². The summed E-state index contributed by atoms with van der Waals surface area (Å²) in [5.74, 6) is -0.844. The molecule has 0 bridgehead atoms. The first-order valence-corrected chi connectivity index (χ1v) is 6.59. The summed E-state index contributed by atoms with van der Waals surface area (Å²) in [4.78, 5) is 11.3. The van der Waals surface area contributed by atoms with Crippen LogP contribution in [-0.2, 0) is 4.79 Å². The summed E-state index contributed by atoms with van der Waals surface area (Å²) in [6.07, 6.45) is 0.499. The summed E-state index contributed by atoms with van der Waals surface area (Å²) in [7, 11) is 0. The third-order valence-electron chi connectivity index (χ3n) is 2.95. The van der Waals surface area contributed by atoms with Gasteiger partial charge in [0.1, 0.15) is 6.04 Å². The van der Waals surface area contributed by atoms with Crippen LogP contribution in [0.1, 0.15) is 6.42 Å². The zero-order valence-electron chi connectivity index (χ0n) is 11.1. The Bertz CT molecular complexity index is 529. The maximum atomic E-state index is 11.3. The SMILES string of the molecule is O=C(O)C(CCNc1ccccc1)Nc1ccccc1. The normalized spacial score (nSPS) is 11.6. The number of nitrogens with one attached hydrogen (secondary N) is 2. The number of carboxylic acids is 1. The molecule has 2 aromatic carbocycles. The molecule has 2 aromatic rings. The molecule has 0 amide bonds. The van der Waals surface area contributed by atoms with Crippen LogP contribution in [0.3, 0.4) is 0 Å². The van der Waals surface area contributed by atoms with E-state index in [0.29, 0.717) is 13.0 Å². The fraction of sp³-hybridized carbons (Fsp3) is 0.188. The molecular weight excluding hydrogens is 252 g/mol. The third kappa shape index (κ3) is 4.31. The molecule has 0 fully saturated rings. The molecule has 0 saturated carbocycles. The van der Waals surface area contributed by atoms with Crippen LogP contribution in [0.15, 0.2) is 60.7 Å². The highest BCUT2D eigenvalue weighted by Gasteiger charge is 2.16. The zero-order chi connectivity index (χ0) is 14.2. The predicted octanol–water partition coefficient (Wildman–Crippen LogP) is 3.05. The molecular formula is C16H18N2O2. The van der Waals surface area contributed by atoms with Gasteiger partial charge in [0.15, 0.2) is 0 Å². The molecule has 3 N–H and O–H groups in total. The Balaban J connectivity index is 1.85. The van der Waals surface area contributed by atoms with Crippen LogP contribution in [0.4, 0.5) is 11.4 Å². The maximum Gasteiger partial charge on any atom is 0.326 e. The van der Waals surface area contributed by atoms with Crippen LogP contribution in [-0.4, -0.2) is 23.7 Å². The van der Waals surface area contributed by atoms with Crippen molar-refractivity contribution in [2.24, 2.45) is 0 Å². The van der Waals surface area contributed by atoms with Gasteiger partial charge in [-0.25, -0.2) is 4.79 Å². The fourth-order valence-electron chi connectivity index (χ4n) is 1.91. The average Bonchev–Trinajstić information content (AvgIpc) is 2.48. The van der Waals surface area contributed by atoms with Crippen LogP contribution in [0.25, 0.3) is 0 Å². The molecule has 0 saturated heterocycles. The average molecular weight is 270 g/mol. The number of aliphatic carboxylic acids is 1. The molecule has 1 atom stereocenters. The Morgan fingerprint density at radius 1 is 0.950 bits per heavy atom. The molecule has 0 aromatic heterocycles. The van der Waals surface area contributed by atoms with Crippen LogP contribution < -0.4 is 10.6 Å².